The molecule has 0 aromatic heterocycles. The van der Waals surface area contributed by atoms with E-state index in [1.165, 1.54) is 11.9 Å². The van der Waals surface area contributed by atoms with Gasteiger partial charge in [0.1, 0.15) is 12.4 Å². The number of likely N-dealkylation sites (N-methyl/N-ethyl adjacent to an activating group) is 1. The normalized spacial score (nSPS) is 11.8. The predicted octanol–water partition coefficient (Wildman–Crippen LogP) is 2.21. The molecule has 1 aromatic rings. The van der Waals surface area contributed by atoms with Crippen molar-refractivity contribution in [1.82, 2.24) is 10.2 Å². The van der Waals surface area contributed by atoms with Crippen LogP contribution in [0.3, 0.4) is 0 Å². The molecule has 0 spiro atoms. The molecule has 0 atom stereocenters. The summed E-state index contributed by atoms with van der Waals surface area (Å²) in [6, 6.07) is 7.58. The number of hydrogen-bond donors (Lipinski definition) is 2. The first-order valence-corrected chi connectivity index (χ1v) is 7.82. The molecule has 0 heterocycles. The Morgan fingerprint density at radius 2 is 1.75 bits per heavy atom. The van der Waals surface area contributed by atoms with Gasteiger partial charge in [0.15, 0.2) is 0 Å². The molecule has 0 saturated carbocycles. The van der Waals surface area contributed by atoms with E-state index in [2.05, 4.69) is 10.6 Å². The van der Waals surface area contributed by atoms with Crippen LogP contribution in [0.1, 0.15) is 0 Å². The van der Waals surface area contributed by atoms with Gasteiger partial charge in [0, 0.05) is 39.0 Å². The lowest BCUT2D eigenvalue weighted by Gasteiger charge is -2.18. The lowest BCUT2D eigenvalue weighted by Crippen LogP contribution is -2.36. The fraction of sp³-hybridized carbons (Fsp3) is 0.625. The first-order chi connectivity index (χ1) is 11.4. The molecule has 0 radical (unpaired) electrons. The Balaban J connectivity index is 2.08. The average molecular weight is 349 g/mol. The second kappa shape index (κ2) is 11.1. The van der Waals surface area contributed by atoms with E-state index in [9.17, 15) is 13.2 Å². The van der Waals surface area contributed by atoms with Crippen LogP contribution < -0.4 is 15.4 Å². The van der Waals surface area contributed by atoms with E-state index in [0.717, 1.165) is 11.4 Å². The molecule has 0 aliphatic rings. The highest BCUT2D eigenvalue weighted by atomic mass is 19.4. The molecule has 0 aliphatic heterocycles. The molecule has 0 amide bonds. The van der Waals surface area contributed by atoms with Gasteiger partial charge in [-0.2, -0.15) is 13.2 Å². The standard InChI is InChI=1S/C16H26F3N3O2/c1-22(13-16(17,18)19)10-9-20-7-8-21-14-3-5-15(6-4-14)24-12-11-23-2/h3-6,20-21H,7-13H2,1-2H3. The summed E-state index contributed by atoms with van der Waals surface area (Å²) in [6.07, 6.45) is -4.14. The minimum atomic E-state index is -4.14. The second-order valence-corrected chi connectivity index (χ2v) is 5.40. The third-order valence-electron chi connectivity index (χ3n) is 3.16. The Morgan fingerprint density at radius 3 is 2.38 bits per heavy atom. The van der Waals surface area contributed by atoms with Gasteiger partial charge in [0.05, 0.1) is 13.2 Å². The molecular weight excluding hydrogens is 323 g/mol. The van der Waals surface area contributed by atoms with Crippen molar-refractivity contribution in [2.24, 2.45) is 0 Å². The smallest absolute Gasteiger partial charge is 0.401 e. The van der Waals surface area contributed by atoms with E-state index in [-0.39, 0.29) is 0 Å². The monoisotopic (exact) mass is 349 g/mol. The lowest BCUT2D eigenvalue weighted by molar-refractivity contribution is -0.142. The van der Waals surface area contributed by atoms with Crippen molar-refractivity contribution < 1.29 is 22.6 Å². The van der Waals surface area contributed by atoms with Crippen molar-refractivity contribution in [3.63, 3.8) is 0 Å². The summed E-state index contributed by atoms with van der Waals surface area (Å²) in [7, 11) is 3.09. The number of alkyl halides is 3. The molecule has 8 heteroatoms. The number of nitrogens with one attached hydrogen (secondary N) is 2. The minimum Gasteiger partial charge on any atom is -0.491 e. The maximum absolute atomic E-state index is 12.2. The van der Waals surface area contributed by atoms with Gasteiger partial charge in [-0.1, -0.05) is 0 Å². The molecule has 138 valence electrons. The minimum absolute atomic E-state index is 0.354. The van der Waals surface area contributed by atoms with E-state index in [1.54, 1.807) is 7.11 Å². The highest BCUT2D eigenvalue weighted by molar-refractivity contribution is 5.46. The summed E-state index contributed by atoms with van der Waals surface area (Å²) < 4.78 is 46.8. The molecule has 0 bridgehead atoms. The summed E-state index contributed by atoms with van der Waals surface area (Å²) in [5, 5.41) is 6.34. The topological polar surface area (TPSA) is 45.8 Å². The predicted molar refractivity (Wildman–Crippen MR) is 88.7 cm³/mol. The summed E-state index contributed by atoms with van der Waals surface area (Å²) in [4.78, 5) is 1.25. The van der Waals surface area contributed by atoms with Crippen LogP contribution in [0.2, 0.25) is 0 Å². The van der Waals surface area contributed by atoms with Crippen LogP contribution in [0.4, 0.5) is 18.9 Å². The van der Waals surface area contributed by atoms with Crippen molar-refractivity contribution >= 4 is 5.69 Å². The zero-order chi connectivity index (χ0) is 17.8. The van der Waals surface area contributed by atoms with Gasteiger partial charge >= 0.3 is 6.18 Å². The van der Waals surface area contributed by atoms with E-state index in [4.69, 9.17) is 9.47 Å². The van der Waals surface area contributed by atoms with E-state index >= 15 is 0 Å². The fourth-order valence-corrected chi connectivity index (χ4v) is 1.99. The molecule has 5 nitrogen and oxygen atoms in total. The quantitative estimate of drug-likeness (QED) is 0.567. The Hall–Kier alpha value is -1.51. The van der Waals surface area contributed by atoms with Crippen LogP contribution in [-0.2, 0) is 4.74 Å². The summed E-state index contributed by atoms with van der Waals surface area (Å²) in [6.45, 7) is 2.40. The zero-order valence-corrected chi connectivity index (χ0v) is 14.2. The summed E-state index contributed by atoms with van der Waals surface area (Å²) >= 11 is 0. The molecular formula is C16H26F3N3O2. The van der Waals surface area contributed by atoms with Crippen molar-refractivity contribution in [1.29, 1.82) is 0 Å². The van der Waals surface area contributed by atoms with Gasteiger partial charge < -0.3 is 20.1 Å². The van der Waals surface area contributed by atoms with Gasteiger partial charge in [-0.05, 0) is 31.3 Å². The van der Waals surface area contributed by atoms with Gasteiger partial charge in [0.25, 0.3) is 0 Å². The zero-order valence-electron chi connectivity index (χ0n) is 14.2. The van der Waals surface area contributed by atoms with Gasteiger partial charge in [-0.3, -0.25) is 4.90 Å². The Morgan fingerprint density at radius 1 is 1.04 bits per heavy atom. The van der Waals surface area contributed by atoms with Crippen LogP contribution in [-0.4, -0.2) is 71.2 Å². The molecule has 0 aliphatic carbocycles. The first kappa shape index (κ1) is 20.5. The van der Waals surface area contributed by atoms with Crippen LogP contribution in [0, 0.1) is 0 Å². The molecule has 0 fully saturated rings. The maximum Gasteiger partial charge on any atom is 0.401 e. The largest absolute Gasteiger partial charge is 0.491 e. The molecule has 1 rings (SSSR count). The van der Waals surface area contributed by atoms with Crippen molar-refractivity contribution in [2.75, 3.05) is 65.4 Å². The third-order valence-corrected chi connectivity index (χ3v) is 3.16. The van der Waals surface area contributed by atoms with Gasteiger partial charge in [-0.15, -0.1) is 0 Å². The fourth-order valence-electron chi connectivity index (χ4n) is 1.99. The molecule has 0 saturated heterocycles. The van der Waals surface area contributed by atoms with Crippen LogP contribution in [0.25, 0.3) is 0 Å². The number of anilines is 1. The number of halogens is 3. The van der Waals surface area contributed by atoms with Gasteiger partial charge in [-0.25, -0.2) is 0 Å². The van der Waals surface area contributed by atoms with E-state index in [0.29, 0.717) is 39.4 Å². The molecule has 1 aromatic carbocycles. The number of rotatable bonds is 12. The average Bonchev–Trinajstić information content (AvgIpc) is 2.50. The van der Waals surface area contributed by atoms with Crippen molar-refractivity contribution in [2.45, 2.75) is 6.18 Å². The van der Waals surface area contributed by atoms with E-state index < -0.39 is 12.7 Å². The lowest BCUT2D eigenvalue weighted by atomic mass is 10.3. The second-order valence-electron chi connectivity index (χ2n) is 5.40. The maximum atomic E-state index is 12.2. The van der Waals surface area contributed by atoms with Crippen LogP contribution in [0.5, 0.6) is 5.75 Å². The number of methoxy groups -OCH3 is 1. The Labute approximate surface area is 141 Å². The van der Waals surface area contributed by atoms with Crippen molar-refractivity contribution in [3.05, 3.63) is 24.3 Å². The molecule has 0 unspecified atom stereocenters. The molecule has 2 N–H and O–H groups in total. The number of nitrogens with zero attached hydrogens (tertiary/aromatic N) is 1. The number of ether oxygens (including phenoxy) is 2. The molecule has 24 heavy (non-hydrogen) atoms. The summed E-state index contributed by atoms with van der Waals surface area (Å²) in [5.41, 5.74) is 0.963. The number of hydrogen-bond acceptors (Lipinski definition) is 5. The first-order valence-electron chi connectivity index (χ1n) is 7.82. The Bertz CT molecular complexity index is 441. The van der Waals surface area contributed by atoms with Crippen LogP contribution in [0.15, 0.2) is 24.3 Å². The third kappa shape index (κ3) is 10.3. The van der Waals surface area contributed by atoms with E-state index in [1.807, 2.05) is 24.3 Å². The van der Waals surface area contributed by atoms with Crippen molar-refractivity contribution in [3.8, 4) is 5.75 Å². The van der Waals surface area contributed by atoms with Crippen LogP contribution >= 0.6 is 0 Å². The Kier molecular flexibility index (Phi) is 9.51. The summed E-state index contributed by atoms with van der Waals surface area (Å²) in [5.74, 6) is 0.781. The SMILES string of the molecule is COCCOc1ccc(NCCNCCN(C)CC(F)(F)F)cc1. The highest BCUT2D eigenvalue weighted by Gasteiger charge is 2.28. The van der Waals surface area contributed by atoms with Gasteiger partial charge in [0.2, 0.25) is 0 Å². The highest BCUT2D eigenvalue weighted by Crippen LogP contribution is 2.15. The number of benzene rings is 1.